The number of hydrogen-bond acceptors (Lipinski definition) is 10. The van der Waals surface area contributed by atoms with Crippen LogP contribution in [-0.4, -0.2) is 55.7 Å². The van der Waals surface area contributed by atoms with Gasteiger partial charge in [-0.15, -0.1) is 10.2 Å². The van der Waals surface area contributed by atoms with Crippen molar-refractivity contribution in [2.45, 2.75) is 85.0 Å². The minimum Gasteiger partial charge on any atom is -0.453 e. The smallest absolute Gasteiger partial charge is 0.417 e. The maximum Gasteiger partial charge on any atom is 0.417 e. The standard InChI is InChI=1S/C29H36F3N7O6/c1-14(2)19(21(41)22-37-38-25(45-22)28(7,8)17-11-10-16(12-33-17)29(30,31)32)35-18(40)13-39-23(42)20(36-26(43)44-9)15(3)34-24(39)27(4,5)6/h10-12,14,19H,13H2,1-9H3,(H,35,40)(H,36,43). The molecule has 0 spiro atoms. The Hall–Kier alpha value is -4.63. The second-order valence-corrected chi connectivity index (χ2v) is 12.3. The first kappa shape index (κ1) is 34.9. The second kappa shape index (κ2) is 12.8. The van der Waals surface area contributed by atoms with E-state index >= 15 is 0 Å². The normalized spacial score (nSPS) is 13.0. The van der Waals surface area contributed by atoms with E-state index in [0.29, 0.717) is 6.20 Å². The van der Waals surface area contributed by atoms with Crippen molar-refractivity contribution >= 4 is 23.5 Å². The highest BCUT2D eigenvalue weighted by Gasteiger charge is 2.37. The number of ketones is 1. The minimum absolute atomic E-state index is 0.0790. The van der Waals surface area contributed by atoms with E-state index in [0.717, 1.165) is 17.7 Å². The third-order valence-corrected chi connectivity index (χ3v) is 6.90. The highest BCUT2D eigenvalue weighted by atomic mass is 19.4. The van der Waals surface area contributed by atoms with Crippen LogP contribution in [0.15, 0.2) is 27.5 Å². The lowest BCUT2D eigenvalue weighted by atomic mass is 9.88. The number of aromatic nitrogens is 5. The van der Waals surface area contributed by atoms with Gasteiger partial charge in [-0.25, -0.2) is 9.78 Å². The van der Waals surface area contributed by atoms with Crippen LogP contribution >= 0.6 is 0 Å². The van der Waals surface area contributed by atoms with Gasteiger partial charge in [0, 0.05) is 11.6 Å². The monoisotopic (exact) mass is 635 g/mol. The number of rotatable bonds is 9. The van der Waals surface area contributed by atoms with E-state index < -0.39 is 70.3 Å². The summed E-state index contributed by atoms with van der Waals surface area (Å²) < 4.78 is 50.3. The van der Waals surface area contributed by atoms with Gasteiger partial charge in [-0.05, 0) is 38.8 Å². The van der Waals surface area contributed by atoms with Gasteiger partial charge in [0.05, 0.1) is 35.5 Å². The van der Waals surface area contributed by atoms with Crippen molar-refractivity contribution in [3.63, 3.8) is 0 Å². The van der Waals surface area contributed by atoms with Gasteiger partial charge in [0.15, 0.2) is 0 Å². The third kappa shape index (κ3) is 7.72. The number of halogens is 3. The average Bonchev–Trinajstić information content (AvgIpc) is 3.45. The molecule has 0 fully saturated rings. The van der Waals surface area contributed by atoms with Crippen molar-refractivity contribution in [2.24, 2.45) is 5.92 Å². The van der Waals surface area contributed by atoms with Crippen LogP contribution in [0.3, 0.4) is 0 Å². The molecule has 3 aromatic rings. The summed E-state index contributed by atoms with van der Waals surface area (Å²) in [6.07, 6.45) is -4.76. The summed E-state index contributed by atoms with van der Waals surface area (Å²) in [4.78, 5) is 60.4. The number of pyridine rings is 1. The van der Waals surface area contributed by atoms with Gasteiger partial charge in [0.2, 0.25) is 17.6 Å². The summed E-state index contributed by atoms with van der Waals surface area (Å²) in [6.45, 7) is 12.9. The average molecular weight is 636 g/mol. The molecule has 13 nitrogen and oxygen atoms in total. The Morgan fingerprint density at radius 3 is 2.22 bits per heavy atom. The van der Waals surface area contributed by atoms with E-state index in [1.54, 1.807) is 48.5 Å². The van der Waals surface area contributed by atoms with E-state index in [1.807, 2.05) is 0 Å². The molecule has 0 aromatic carbocycles. The van der Waals surface area contributed by atoms with Crippen LogP contribution < -0.4 is 16.2 Å². The van der Waals surface area contributed by atoms with Gasteiger partial charge in [-0.3, -0.25) is 29.3 Å². The molecule has 1 atom stereocenters. The van der Waals surface area contributed by atoms with Crippen molar-refractivity contribution in [1.82, 2.24) is 30.0 Å². The number of nitrogens with zero attached hydrogens (tertiary/aromatic N) is 5. The Morgan fingerprint density at radius 1 is 1.07 bits per heavy atom. The molecule has 0 radical (unpaired) electrons. The summed E-state index contributed by atoms with van der Waals surface area (Å²) >= 11 is 0. The Labute approximate surface area is 257 Å². The Bertz CT molecular complexity index is 1640. The number of amides is 2. The highest BCUT2D eigenvalue weighted by molar-refractivity contribution is 5.98. The molecule has 0 bridgehead atoms. The molecule has 0 saturated heterocycles. The molecule has 244 valence electrons. The van der Waals surface area contributed by atoms with Gasteiger partial charge < -0.3 is 14.5 Å². The Morgan fingerprint density at radius 2 is 1.71 bits per heavy atom. The summed E-state index contributed by atoms with van der Waals surface area (Å²) in [5, 5.41) is 12.7. The molecule has 0 aliphatic heterocycles. The zero-order chi connectivity index (χ0) is 34.1. The quantitative estimate of drug-likeness (QED) is 0.325. The van der Waals surface area contributed by atoms with Gasteiger partial charge in [-0.2, -0.15) is 13.2 Å². The molecule has 45 heavy (non-hydrogen) atoms. The van der Waals surface area contributed by atoms with Gasteiger partial charge >= 0.3 is 12.3 Å². The van der Waals surface area contributed by atoms with Crippen molar-refractivity contribution < 1.29 is 36.7 Å². The van der Waals surface area contributed by atoms with Crippen LogP contribution in [-0.2, 0) is 33.1 Å². The minimum atomic E-state index is -4.56. The second-order valence-electron chi connectivity index (χ2n) is 12.3. The third-order valence-electron chi connectivity index (χ3n) is 6.90. The number of ether oxygens (including phenoxy) is 1. The molecule has 3 aromatic heterocycles. The van der Waals surface area contributed by atoms with Crippen LogP contribution in [0.4, 0.5) is 23.7 Å². The molecule has 16 heteroatoms. The number of anilines is 1. The summed E-state index contributed by atoms with van der Waals surface area (Å²) in [5.74, 6) is -2.13. The maximum absolute atomic E-state index is 13.5. The van der Waals surface area contributed by atoms with Gasteiger partial charge in [-0.1, -0.05) is 34.6 Å². The van der Waals surface area contributed by atoms with E-state index in [1.165, 1.54) is 13.0 Å². The fraction of sp³-hybridized carbons (Fsp3) is 0.517. The van der Waals surface area contributed by atoms with Gasteiger partial charge in [0.1, 0.15) is 18.1 Å². The molecule has 2 N–H and O–H groups in total. The lowest BCUT2D eigenvalue weighted by Gasteiger charge is -2.25. The zero-order valence-corrected chi connectivity index (χ0v) is 26.4. The predicted molar refractivity (Wildman–Crippen MR) is 155 cm³/mol. The number of alkyl halides is 3. The molecule has 1 unspecified atom stereocenters. The first-order valence-electron chi connectivity index (χ1n) is 13.9. The van der Waals surface area contributed by atoms with E-state index in [9.17, 15) is 32.3 Å². The first-order chi connectivity index (χ1) is 20.7. The van der Waals surface area contributed by atoms with E-state index in [4.69, 9.17) is 4.42 Å². The summed E-state index contributed by atoms with van der Waals surface area (Å²) in [5.41, 5.74) is -3.21. The van der Waals surface area contributed by atoms with Crippen LogP contribution in [0, 0.1) is 12.8 Å². The lowest BCUT2D eigenvalue weighted by molar-refractivity contribution is -0.137. The molecule has 0 saturated carbocycles. The van der Waals surface area contributed by atoms with Crippen LogP contribution in [0.5, 0.6) is 0 Å². The Balaban J connectivity index is 1.88. The zero-order valence-electron chi connectivity index (χ0n) is 26.4. The van der Waals surface area contributed by atoms with Crippen LogP contribution in [0.1, 0.15) is 87.8 Å². The van der Waals surface area contributed by atoms with Crippen molar-refractivity contribution in [3.05, 3.63) is 63.2 Å². The topological polar surface area (TPSA) is 171 Å². The molecule has 3 rings (SSSR count). The lowest BCUT2D eigenvalue weighted by Crippen LogP contribution is -2.47. The molecule has 2 amide bonds. The number of nitrogens with one attached hydrogen (secondary N) is 2. The van der Waals surface area contributed by atoms with Crippen molar-refractivity contribution in [2.75, 3.05) is 12.4 Å². The molecule has 0 aliphatic carbocycles. The highest BCUT2D eigenvalue weighted by Crippen LogP contribution is 2.33. The van der Waals surface area contributed by atoms with Crippen LogP contribution in [0.25, 0.3) is 0 Å². The van der Waals surface area contributed by atoms with E-state index in [-0.39, 0.29) is 28.8 Å². The van der Waals surface area contributed by atoms with Crippen molar-refractivity contribution in [1.29, 1.82) is 0 Å². The number of methoxy groups -OCH3 is 1. The summed E-state index contributed by atoms with van der Waals surface area (Å²) in [7, 11) is 1.13. The van der Waals surface area contributed by atoms with E-state index in [2.05, 4.69) is 35.5 Å². The number of carbonyl (C=O) groups is 3. The molecular formula is C29H36F3N7O6. The number of carbonyl (C=O) groups excluding carboxylic acids is 3. The SMILES string of the molecule is COC(=O)Nc1c(C)nc(C(C)(C)C)n(CC(=O)NC(C(=O)c2nnc(C(C)(C)c3ccc(C(F)(F)F)cn3)o2)C(C)C)c1=O. The molecular weight excluding hydrogens is 599 g/mol. The first-order valence-corrected chi connectivity index (χ1v) is 13.9. The largest absolute Gasteiger partial charge is 0.453 e. The molecule has 0 aliphatic rings. The van der Waals surface area contributed by atoms with Gasteiger partial charge in [0.25, 0.3) is 11.4 Å². The fourth-order valence-electron chi connectivity index (χ4n) is 4.32. The Kier molecular flexibility index (Phi) is 9.89. The predicted octanol–water partition coefficient (Wildman–Crippen LogP) is 4.17. The fourth-order valence-corrected chi connectivity index (χ4v) is 4.32. The van der Waals surface area contributed by atoms with Crippen molar-refractivity contribution in [3.8, 4) is 0 Å². The maximum atomic E-state index is 13.5. The number of hydrogen-bond donors (Lipinski definition) is 2. The number of Topliss-reactive ketones (excluding diaryl/α,β-unsaturated/α-hetero) is 1. The number of aryl methyl sites for hydroxylation is 1. The molecule has 3 heterocycles. The van der Waals surface area contributed by atoms with Crippen LogP contribution in [0.2, 0.25) is 0 Å². The summed E-state index contributed by atoms with van der Waals surface area (Å²) in [6, 6.07) is 0.912.